The molecule has 64 valence electrons. The first-order valence-electron chi connectivity index (χ1n) is 4.08. The third kappa shape index (κ3) is 1.12. The van der Waals surface area contributed by atoms with Crippen LogP contribution in [0.2, 0.25) is 0 Å². The predicted octanol–water partition coefficient (Wildman–Crippen LogP) is 1.73. The van der Waals surface area contributed by atoms with Gasteiger partial charge in [0.05, 0.1) is 5.69 Å². The van der Waals surface area contributed by atoms with Gasteiger partial charge in [0, 0.05) is 6.20 Å². The summed E-state index contributed by atoms with van der Waals surface area (Å²) in [6.07, 6.45) is 6.03. The van der Waals surface area contributed by atoms with Crippen LogP contribution in [0.4, 0.5) is 0 Å². The smallest absolute Gasteiger partial charge is 0.233 e. The second kappa shape index (κ2) is 2.86. The van der Waals surface area contributed by atoms with Gasteiger partial charge in [0.25, 0.3) is 0 Å². The minimum atomic E-state index is 0.260. The lowest BCUT2D eigenvalue weighted by molar-refractivity contribution is 0.163. The zero-order valence-corrected chi connectivity index (χ0v) is 7.47. The molecule has 0 radical (unpaired) electrons. The van der Waals surface area contributed by atoms with Gasteiger partial charge in [-0.25, -0.2) is 4.98 Å². The molecule has 12 heavy (non-hydrogen) atoms. The van der Waals surface area contributed by atoms with Crippen LogP contribution in [0.1, 0.15) is 24.1 Å². The molecule has 0 atom stereocenters. The Morgan fingerprint density at radius 1 is 1.42 bits per heavy atom. The van der Waals surface area contributed by atoms with Gasteiger partial charge in [0.1, 0.15) is 0 Å². The maximum atomic E-state index is 9.49. The van der Waals surface area contributed by atoms with Gasteiger partial charge in [-0.05, 0) is 43.5 Å². The normalized spacial score (nSPS) is 15.7. The van der Waals surface area contributed by atoms with E-state index in [1.165, 1.54) is 6.42 Å². The average Bonchev–Trinajstić information content (AvgIpc) is 2.12. The van der Waals surface area contributed by atoms with Crippen molar-refractivity contribution in [3.63, 3.8) is 0 Å². The number of fused-ring (bicyclic) bond motifs is 1. The summed E-state index contributed by atoms with van der Waals surface area (Å²) < 4.78 is 1.31. The van der Waals surface area contributed by atoms with Gasteiger partial charge in [-0.2, -0.15) is 4.73 Å². The fourth-order valence-electron chi connectivity index (χ4n) is 1.60. The molecule has 0 spiro atoms. The molecular weight excluding hydrogens is 172 g/mol. The highest BCUT2D eigenvalue weighted by Crippen LogP contribution is 2.19. The van der Waals surface area contributed by atoms with Crippen molar-refractivity contribution in [2.75, 3.05) is 0 Å². The molecule has 1 N–H and O–H groups in total. The Morgan fingerprint density at radius 2 is 2.17 bits per heavy atom. The fraction of sp³-hybridized carbons (Fsp3) is 0.500. The SMILES string of the molecule is On1c2c(cnc1=S)CCCC2. The van der Waals surface area contributed by atoms with Gasteiger partial charge >= 0.3 is 0 Å². The molecule has 0 aliphatic heterocycles. The van der Waals surface area contributed by atoms with Gasteiger partial charge < -0.3 is 5.21 Å². The quantitative estimate of drug-likeness (QED) is 0.490. The number of nitrogens with zero attached hydrogens (tertiary/aromatic N) is 2. The molecule has 0 bridgehead atoms. The summed E-state index contributed by atoms with van der Waals surface area (Å²) >= 11 is 4.84. The monoisotopic (exact) mass is 182 g/mol. The van der Waals surface area contributed by atoms with Crippen molar-refractivity contribution >= 4 is 12.2 Å². The third-order valence-electron chi connectivity index (χ3n) is 2.25. The van der Waals surface area contributed by atoms with E-state index in [0.29, 0.717) is 0 Å². The van der Waals surface area contributed by atoms with Crippen LogP contribution in [0.5, 0.6) is 0 Å². The molecular formula is C8H10N2OS. The van der Waals surface area contributed by atoms with Crippen LogP contribution in [0.15, 0.2) is 6.20 Å². The summed E-state index contributed by atoms with van der Waals surface area (Å²) in [5, 5.41) is 9.49. The number of hydrogen-bond acceptors (Lipinski definition) is 3. The Hall–Kier alpha value is -0.900. The van der Waals surface area contributed by atoms with Crippen molar-refractivity contribution in [1.29, 1.82) is 0 Å². The van der Waals surface area contributed by atoms with Gasteiger partial charge in [-0.1, -0.05) is 0 Å². The predicted molar refractivity (Wildman–Crippen MR) is 46.9 cm³/mol. The minimum Gasteiger partial charge on any atom is -0.426 e. The first-order chi connectivity index (χ1) is 5.79. The van der Waals surface area contributed by atoms with E-state index >= 15 is 0 Å². The van der Waals surface area contributed by atoms with Crippen molar-refractivity contribution in [3.05, 3.63) is 22.2 Å². The summed E-state index contributed by atoms with van der Waals surface area (Å²) in [5.41, 5.74) is 2.08. The zero-order valence-electron chi connectivity index (χ0n) is 6.66. The molecule has 0 saturated heterocycles. The van der Waals surface area contributed by atoms with Gasteiger partial charge in [-0.15, -0.1) is 0 Å². The molecule has 4 heteroatoms. The number of hydrogen-bond donors (Lipinski definition) is 1. The molecule has 1 heterocycles. The van der Waals surface area contributed by atoms with E-state index in [4.69, 9.17) is 12.2 Å². The highest BCUT2D eigenvalue weighted by molar-refractivity contribution is 7.71. The summed E-state index contributed by atoms with van der Waals surface area (Å²) in [7, 11) is 0. The molecule has 0 unspecified atom stereocenters. The first-order valence-corrected chi connectivity index (χ1v) is 4.49. The lowest BCUT2D eigenvalue weighted by Crippen LogP contribution is -2.13. The van der Waals surface area contributed by atoms with Crippen LogP contribution in [0.25, 0.3) is 0 Å². The first kappa shape index (κ1) is 7.73. The molecule has 0 fully saturated rings. The highest BCUT2D eigenvalue weighted by atomic mass is 32.1. The molecule has 2 rings (SSSR count). The second-order valence-electron chi connectivity index (χ2n) is 3.03. The van der Waals surface area contributed by atoms with Crippen LogP contribution in [-0.4, -0.2) is 14.9 Å². The van der Waals surface area contributed by atoms with Crippen LogP contribution in [-0.2, 0) is 12.8 Å². The largest absolute Gasteiger partial charge is 0.426 e. The molecule has 0 saturated carbocycles. The maximum absolute atomic E-state index is 9.49. The topological polar surface area (TPSA) is 38.0 Å². The third-order valence-corrected chi connectivity index (χ3v) is 2.53. The van der Waals surface area contributed by atoms with Crippen molar-refractivity contribution in [2.45, 2.75) is 25.7 Å². The molecule has 1 aliphatic carbocycles. The van der Waals surface area contributed by atoms with Gasteiger partial charge in [0.15, 0.2) is 0 Å². The van der Waals surface area contributed by atoms with Crippen molar-refractivity contribution in [3.8, 4) is 0 Å². The summed E-state index contributed by atoms with van der Waals surface area (Å²) in [5.74, 6) is 0. The molecule has 0 amide bonds. The van der Waals surface area contributed by atoms with Crippen molar-refractivity contribution in [2.24, 2.45) is 0 Å². The average molecular weight is 182 g/mol. The zero-order chi connectivity index (χ0) is 8.55. The van der Waals surface area contributed by atoms with E-state index in [-0.39, 0.29) is 4.77 Å². The van der Waals surface area contributed by atoms with Crippen molar-refractivity contribution in [1.82, 2.24) is 9.71 Å². The van der Waals surface area contributed by atoms with E-state index < -0.39 is 0 Å². The molecule has 1 aliphatic rings. The van der Waals surface area contributed by atoms with E-state index in [0.717, 1.165) is 35.3 Å². The Kier molecular flexibility index (Phi) is 1.84. The maximum Gasteiger partial charge on any atom is 0.233 e. The number of aromatic nitrogens is 2. The van der Waals surface area contributed by atoms with Crippen LogP contribution in [0, 0.1) is 4.77 Å². The summed E-state index contributed by atoms with van der Waals surface area (Å²) in [6.45, 7) is 0. The van der Waals surface area contributed by atoms with E-state index in [9.17, 15) is 5.21 Å². The highest BCUT2D eigenvalue weighted by Gasteiger charge is 2.12. The Morgan fingerprint density at radius 3 is 3.00 bits per heavy atom. The Labute approximate surface area is 75.6 Å². The molecule has 1 aromatic heterocycles. The Balaban J connectivity index is 2.61. The fourth-order valence-corrected chi connectivity index (χ4v) is 1.76. The number of rotatable bonds is 0. The van der Waals surface area contributed by atoms with Crippen molar-refractivity contribution < 1.29 is 5.21 Å². The summed E-state index contributed by atoms with van der Waals surface area (Å²) in [4.78, 5) is 3.92. The van der Waals surface area contributed by atoms with Gasteiger partial charge in [-0.3, -0.25) is 0 Å². The van der Waals surface area contributed by atoms with E-state index in [1.807, 2.05) is 0 Å². The summed E-state index contributed by atoms with van der Waals surface area (Å²) in [6, 6.07) is 0. The minimum absolute atomic E-state index is 0.260. The molecule has 0 aromatic carbocycles. The van der Waals surface area contributed by atoms with Crippen LogP contribution in [0.3, 0.4) is 0 Å². The Bertz CT molecular complexity index is 359. The lowest BCUT2D eigenvalue weighted by Gasteiger charge is -2.16. The van der Waals surface area contributed by atoms with E-state index in [1.54, 1.807) is 6.20 Å². The van der Waals surface area contributed by atoms with Crippen LogP contribution >= 0.6 is 12.2 Å². The number of aryl methyl sites for hydroxylation is 1. The lowest BCUT2D eigenvalue weighted by atomic mass is 9.98. The molecule has 1 aromatic rings. The van der Waals surface area contributed by atoms with Crippen LogP contribution < -0.4 is 0 Å². The molecule has 3 nitrogen and oxygen atoms in total. The van der Waals surface area contributed by atoms with E-state index in [2.05, 4.69) is 4.98 Å². The standard InChI is InChI=1S/C8H10N2OS/c11-10-7-4-2-1-3-6(7)5-9-8(10)12/h5,11H,1-4H2. The van der Waals surface area contributed by atoms with Gasteiger partial charge in [0.2, 0.25) is 4.77 Å². The second-order valence-corrected chi connectivity index (χ2v) is 3.40.